The van der Waals surface area contributed by atoms with Gasteiger partial charge in [-0.15, -0.1) is 11.8 Å². The number of nitrogens with zero attached hydrogens (tertiary/aromatic N) is 1. The second-order valence-electron chi connectivity index (χ2n) is 6.47. The molecule has 2 aliphatic heterocycles. The summed E-state index contributed by atoms with van der Waals surface area (Å²) < 4.78 is 0. The number of fused-ring (bicyclic) bond motifs is 1. The third kappa shape index (κ3) is 2.71. The van der Waals surface area contributed by atoms with Crippen LogP contribution >= 0.6 is 11.8 Å². The van der Waals surface area contributed by atoms with E-state index in [1.54, 1.807) is 5.56 Å². The molecule has 3 aliphatic rings. The Bertz CT molecular complexity index is 478. The Morgan fingerprint density at radius 2 is 2.00 bits per heavy atom. The van der Waals surface area contributed by atoms with Gasteiger partial charge in [-0.05, 0) is 74.9 Å². The SMILES string of the molecule is c1cc2c(cc1N(CC1CC1)C1CCNCC1)CCS2. The molecule has 0 unspecified atom stereocenters. The second kappa shape index (κ2) is 5.61. The summed E-state index contributed by atoms with van der Waals surface area (Å²) in [5, 5.41) is 3.50. The van der Waals surface area contributed by atoms with E-state index < -0.39 is 0 Å². The van der Waals surface area contributed by atoms with Crippen molar-refractivity contribution >= 4 is 17.4 Å². The van der Waals surface area contributed by atoms with Crippen LogP contribution in [0, 0.1) is 5.92 Å². The summed E-state index contributed by atoms with van der Waals surface area (Å²) >= 11 is 2.02. The van der Waals surface area contributed by atoms with Gasteiger partial charge in [0.15, 0.2) is 0 Å². The summed E-state index contributed by atoms with van der Waals surface area (Å²) in [6, 6.07) is 7.98. The minimum atomic E-state index is 0.754. The van der Waals surface area contributed by atoms with Gasteiger partial charge in [0.05, 0.1) is 0 Å². The van der Waals surface area contributed by atoms with Crippen molar-refractivity contribution in [3.05, 3.63) is 23.8 Å². The summed E-state index contributed by atoms with van der Waals surface area (Å²) in [4.78, 5) is 4.26. The Kier molecular flexibility index (Phi) is 3.65. The maximum atomic E-state index is 3.50. The lowest BCUT2D eigenvalue weighted by Gasteiger charge is -2.37. The van der Waals surface area contributed by atoms with Crippen molar-refractivity contribution in [3.63, 3.8) is 0 Å². The highest BCUT2D eigenvalue weighted by molar-refractivity contribution is 7.99. The third-order valence-electron chi connectivity index (χ3n) is 4.91. The zero-order valence-electron chi connectivity index (χ0n) is 12.1. The van der Waals surface area contributed by atoms with Crippen LogP contribution < -0.4 is 10.2 Å². The summed E-state index contributed by atoms with van der Waals surface area (Å²) in [5.41, 5.74) is 3.08. The number of hydrogen-bond donors (Lipinski definition) is 1. The molecule has 1 saturated carbocycles. The number of thioether (sulfide) groups is 1. The first-order valence-corrected chi connectivity index (χ1v) is 9.12. The number of piperidine rings is 1. The Labute approximate surface area is 126 Å². The molecule has 1 saturated heterocycles. The molecule has 1 aliphatic carbocycles. The van der Waals surface area contributed by atoms with Crippen molar-refractivity contribution in [1.82, 2.24) is 5.32 Å². The predicted octanol–water partition coefficient (Wildman–Crippen LogP) is 3.30. The van der Waals surface area contributed by atoms with Gasteiger partial charge in [-0.2, -0.15) is 0 Å². The molecule has 2 fully saturated rings. The van der Waals surface area contributed by atoms with Gasteiger partial charge in [0.1, 0.15) is 0 Å². The summed E-state index contributed by atoms with van der Waals surface area (Å²) in [5.74, 6) is 2.24. The van der Waals surface area contributed by atoms with Gasteiger partial charge < -0.3 is 10.2 Å². The fourth-order valence-electron chi connectivity index (χ4n) is 3.51. The Balaban J connectivity index is 1.59. The molecule has 20 heavy (non-hydrogen) atoms. The monoisotopic (exact) mass is 288 g/mol. The summed E-state index contributed by atoms with van der Waals surface area (Å²) in [6.45, 7) is 3.66. The standard InChI is InChI=1S/C17H24N2S/c1-2-13(1)12-19(15-5-8-18-9-6-15)16-3-4-17-14(11-16)7-10-20-17/h3-4,11,13,15,18H,1-2,5-10,12H2. The van der Waals surface area contributed by atoms with Crippen molar-refractivity contribution in [3.8, 4) is 0 Å². The zero-order chi connectivity index (χ0) is 13.4. The first kappa shape index (κ1) is 13.0. The van der Waals surface area contributed by atoms with Crippen LogP contribution in [0.3, 0.4) is 0 Å². The van der Waals surface area contributed by atoms with E-state index in [1.807, 2.05) is 11.8 Å². The molecule has 2 nitrogen and oxygen atoms in total. The second-order valence-corrected chi connectivity index (χ2v) is 7.60. The molecule has 0 bridgehead atoms. The van der Waals surface area contributed by atoms with Crippen molar-refractivity contribution in [2.75, 3.05) is 30.3 Å². The number of anilines is 1. The highest BCUT2D eigenvalue weighted by Gasteiger charge is 2.29. The summed E-state index contributed by atoms with van der Waals surface area (Å²) in [6.07, 6.45) is 6.76. The Morgan fingerprint density at radius 3 is 2.80 bits per heavy atom. The molecule has 3 heteroatoms. The Hall–Kier alpha value is -0.670. The van der Waals surface area contributed by atoms with Gasteiger partial charge in [-0.25, -0.2) is 0 Å². The highest BCUT2D eigenvalue weighted by Crippen LogP contribution is 2.37. The van der Waals surface area contributed by atoms with Crippen LogP contribution in [0.25, 0.3) is 0 Å². The predicted molar refractivity (Wildman–Crippen MR) is 86.8 cm³/mol. The van der Waals surface area contributed by atoms with Crippen LogP contribution in [0.1, 0.15) is 31.2 Å². The fraction of sp³-hybridized carbons (Fsp3) is 0.647. The van der Waals surface area contributed by atoms with Crippen molar-refractivity contribution < 1.29 is 0 Å². The van der Waals surface area contributed by atoms with Crippen molar-refractivity contribution in [2.45, 2.75) is 43.0 Å². The smallest absolute Gasteiger partial charge is 0.0372 e. The molecular formula is C17H24N2S. The Morgan fingerprint density at radius 1 is 1.15 bits per heavy atom. The van der Waals surface area contributed by atoms with Gasteiger partial charge in [-0.3, -0.25) is 0 Å². The first-order valence-electron chi connectivity index (χ1n) is 8.13. The maximum Gasteiger partial charge on any atom is 0.0372 e. The molecule has 2 heterocycles. The molecule has 1 aromatic carbocycles. The number of benzene rings is 1. The molecule has 4 rings (SSSR count). The minimum absolute atomic E-state index is 0.754. The van der Waals surface area contributed by atoms with Gasteiger partial charge in [0.2, 0.25) is 0 Å². The van der Waals surface area contributed by atoms with Gasteiger partial charge in [0, 0.05) is 28.9 Å². The minimum Gasteiger partial charge on any atom is -0.368 e. The first-order chi connectivity index (χ1) is 9.90. The van der Waals surface area contributed by atoms with Crippen LogP contribution in [0.2, 0.25) is 0 Å². The maximum absolute atomic E-state index is 3.50. The lowest BCUT2D eigenvalue weighted by atomic mass is 10.0. The molecule has 0 amide bonds. The molecule has 0 aromatic heterocycles. The van der Waals surface area contributed by atoms with E-state index >= 15 is 0 Å². The average Bonchev–Trinajstić information content (AvgIpc) is 3.20. The highest BCUT2D eigenvalue weighted by atomic mass is 32.2. The van der Waals surface area contributed by atoms with E-state index in [2.05, 4.69) is 28.4 Å². The molecule has 108 valence electrons. The lowest BCUT2D eigenvalue weighted by molar-refractivity contribution is 0.425. The van der Waals surface area contributed by atoms with E-state index in [-0.39, 0.29) is 0 Å². The molecule has 1 N–H and O–H groups in total. The topological polar surface area (TPSA) is 15.3 Å². The molecule has 0 radical (unpaired) electrons. The fourth-order valence-corrected chi connectivity index (χ4v) is 4.57. The average molecular weight is 288 g/mol. The lowest BCUT2D eigenvalue weighted by Crippen LogP contribution is -2.44. The molecule has 0 spiro atoms. The quantitative estimate of drug-likeness (QED) is 0.915. The van der Waals surface area contributed by atoms with Gasteiger partial charge in [-0.1, -0.05) is 0 Å². The van der Waals surface area contributed by atoms with Crippen LogP contribution in [0.5, 0.6) is 0 Å². The van der Waals surface area contributed by atoms with Crippen molar-refractivity contribution in [1.29, 1.82) is 0 Å². The van der Waals surface area contributed by atoms with Gasteiger partial charge in [0.25, 0.3) is 0 Å². The van der Waals surface area contributed by atoms with Crippen LogP contribution in [0.15, 0.2) is 23.1 Å². The van der Waals surface area contributed by atoms with Gasteiger partial charge >= 0.3 is 0 Å². The zero-order valence-corrected chi connectivity index (χ0v) is 12.9. The van der Waals surface area contributed by atoms with E-state index in [0.29, 0.717) is 0 Å². The van der Waals surface area contributed by atoms with E-state index in [0.717, 1.165) is 12.0 Å². The summed E-state index contributed by atoms with van der Waals surface area (Å²) in [7, 11) is 0. The van der Waals surface area contributed by atoms with Crippen molar-refractivity contribution in [2.24, 2.45) is 5.92 Å². The number of aryl methyl sites for hydroxylation is 1. The number of rotatable bonds is 4. The van der Waals surface area contributed by atoms with Crippen LogP contribution in [-0.4, -0.2) is 31.4 Å². The van der Waals surface area contributed by atoms with E-state index in [9.17, 15) is 0 Å². The molecule has 1 aromatic rings. The van der Waals surface area contributed by atoms with E-state index in [4.69, 9.17) is 0 Å². The third-order valence-corrected chi connectivity index (χ3v) is 6.02. The van der Waals surface area contributed by atoms with Crippen LogP contribution in [0.4, 0.5) is 5.69 Å². The van der Waals surface area contributed by atoms with Crippen LogP contribution in [-0.2, 0) is 6.42 Å². The largest absolute Gasteiger partial charge is 0.368 e. The number of nitrogens with one attached hydrogen (secondary N) is 1. The molecular weight excluding hydrogens is 264 g/mol. The molecule has 0 atom stereocenters. The normalized spacial score (nSPS) is 22.8. The van der Waals surface area contributed by atoms with E-state index in [1.165, 1.54) is 68.1 Å². The number of hydrogen-bond acceptors (Lipinski definition) is 3.